The first-order chi connectivity index (χ1) is 9.08. The predicted molar refractivity (Wildman–Crippen MR) is 78.0 cm³/mol. The van der Waals surface area contributed by atoms with Gasteiger partial charge in [0.25, 0.3) is 0 Å². The molecule has 0 saturated carbocycles. The van der Waals surface area contributed by atoms with Gasteiger partial charge in [-0.2, -0.15) is 0 Å². The summed E-state index contributed by atoms with van der Waals surface area (Å²) in [7, 11) is 0. The Morgan fingerprint density at radius 2 is 1.95 bits per heavy atom. The van der Waals surface area contributed by atoms with Crippen LogP contribution in [0.4, 0.5) is 5.88 Å². The van der Waals surface area contributed by atoms with Crippen molar-refractivity contribution in [2.75, 3.05) is 5.73 Å². The summed E-state index contributed by atoms with van der Waals surface area (Å²) in [5.41, 5.74) is 10.6. The Morgan fingerprint density at radius 3 is 2.63 bits per heavy atom. The highest BCUT2D eigenvalue weighted by Crippen LogP contribution is 2.22. The quantitative estimate of drug-likeness (QED) is 0.892. The highest BCUT2D eigenvalue weighted by molar-refractivity contribution is 5.40. The van der Waals surface area contributed by atoms with Crippen LogP contribution in [0.5, 0.6) is 0 Å². The zero-order chi connectivity index (χ0) is 13.8. The lowest BCUT2D eigenvalue weighted by Crippen LogP contribution is -2.02. The highest BCUT2D eigenvalue weighted by atomic mass is 16.5. The van der Waals surface area contributed by atoms with Gasteiger partial charge in [0.15, 0.2) is 0 Å². The van der Waals surface area contributed by atoms with Crippen molar-refractivity contribution in [3.63, 3.8) is 0 Å². The van der Waals surface area contributed by atoms with Gasteiger partial charge in [-0.05, 0) is 43.2 Å². The second-order valence-corrected chi connectivity index (χ2v) is 5.50. The molecule has 0 radical (unpaired) electrons. The van der Waals surface area contributed by atoms with E-state index in [0.29, 0.717) is 11.8 Å². The molecule has 19 heavy (non-hydrogen) atoms. The molecule has 1 heterocycles. The molecule has 1 aromatic heterocycles. The Labute approximate surface area is 114 Å². The lowest BCUT2D eigenvalue weighted by Gasteiger charge is -2.07. The Hall–Kier alpha value is -1.77. The second kappa shape index (κ2) is 5.91. The maximum absolute atomic E-state index is 5.86. The molecule has 2 N–H and O–H groups in total. The molecule has 0 saturated heterocycles. The van der Waals surface area contributed by atoms with Gasteiger partial charge in [-0.15, -0.1) is 0 Å². The van der Waals surface area contributed by atoms with Gasteiger partial charge >= 0.3 is 0 Å². The maximum Gasteiger partial charge on any atom is 0.225 e. The fraction of sp³-hybridized carbons (Fsp3) is 0.438. The third-order valence-electron chi connectivity index (χ3n) is 3.40. The monoisotopic (exact) mass is 258 g/mol. The summed E-state index contributed by atoms with van der Waals surface area (Å²) in [4.78, 5) is 0. The maximum atomic E-state index is 5.86. The van der Waals surface area contributed by atoms with Crippen LogP contribution in [0.15, 0.2) is 28.8 Å². The van der Waals surface area contributed by atoms with E-state index in [1.165, 1.54) is 11.1 Å². The molecule has 3 heteroatoms. The van der Waals surface area contributed by atoms with E-state index >= 15 is 0 Å². The van der Waals surface area contributed by atoms with Gasteiger partial charge in [-0.25, -0.2) is 0 Å². The largest absolute Gasteiger partial charge is 0.367 e. The average molecular weight is 258 g/mol. The fourth-order valence-electron chi connectivity index (χ4n) is 2.32. The minimum Gasteiger partial charge on any atom is -0.367 e. The number of aryl methyl sites for hydroxylation is 3. The summed E-state index contributed by atoms with van der Waals surface area (Å²) >= 11 is 0. The minimum atomic E-state index is 0.480. The summed E-state index contributed by atoms with van der Waals surface area (Å²) in [5.74, 6) is 1.03. The molecule has 0 aliphatic rings. The SMILES string of the molecule is Cc1ccccc1CCc1noc(N)c1CC(C)C. The van der Waals surface area contributed by atoms with Crippen molar-refractivity contribution < 1.29 is 4.52 Å². The Balaban J connectivity index is 2.10. The van der Waals surface area contributed by atoms with Gasteiger partial charge in [-0.3, -0.25) is 0 Å². The Bertz CT molecular complexity index is 543. The van der Waals surface area contributed by atoms with E-state index in [4.69, 9.17) is 10.3 Å². The van der Waals surface area contributed by atoms with E-state index in [9.17, 15) is 0 Å². The molecule has 2 aromatic rings. The van der Waals surface area contributed by atoms with E-state index in [2.05, 4.69) is 50.2 Å². The van der Waals surface area contributed by atoms with Crippen LogP contribution in [-0.2, 0) is 19.3 Å². The van der Waals surface area contributed by atoms with Gasteiger partial charge in [0.2, 0.25) is 5.88 Å². The molecule has 2 rings (SSSR count). The molecule has 0 aliphatic heterocycles. The lowest BCUT2D eigenvalue weighted by molar-refractivity contribution is 0.427. The number of rotatable bonds is 5. The van der Waals surface area contributed by atoms with Crippen LogP contribution in [0.3, 0.4) is 0 Å². The van der Waals surface area contributed by atoms with E-state index in [1.54, 1.807) is 0 Å². The van der Waals surface area contributed by atoms with Crippen LogP contribution in [-0.4, -0.2) is 5.16 Å². The molecule has 0 aliphatic carbocycles. The van der Waals surface area contributed by atoms with Crippen LogP contribution in [0, 0.1) is 12.8 Å². The molecule has 0 unspecified atom stereocenters. The predicted octanol–water partition coefficient (Wildman–Crippen LogP) is 3.55. The third-order valence-corrected chi connectivity index (χ3v) is 3.40. The van der Waals surface area contributed by atoms with Crippen molar-refractivity contribution in [1.29, 1.82) is 0 Å². The zero-order valence-electron chi connectivity index (χ0n) is 11.9. The second-order valence-electron chi connectivity index (χ2n) is 5.50. The van der Waals surface area contributed by atoms with Crippen LogP contribution in [0.2, 0.25) is 0 Å². The fourth-order valence-corrected chi connectivity index (χ4v) is 2.32. The van der Waals surface area contributed by atoms with Crippen LogP contribution >= 0.6 is 0 Å². The van der Waals surface area contributed by atoms with Crippen molar-refractivity contribution in [1.82, 2.24) is 5.16 Å². The van der Waals surface area contributed by atoms with Crippen molar-refractivity contribution in [3.05, 3.63) is 46.6 Å². The Kier molecular flexibility index (Phi) is 4.25. The van der Waals surface area contributed by atoms with E-state index < -0.39 is 0 Å². The molecular formula is C16H22N2O. The number of aromatic nitrogens is 1. The molecule has 3 nitrogen and oxygen atoms in total. The summed E-state index contributed by atoms with van der Waals surface area (Å²) in [5, 5.41) is 4.11. The first-order valence-electron chi connectivity index (χ1n) is 6.85. The molecule has 0 spiro atoms. The van der Waals surface area contributed by atoms with E-state index in [1.807, 2.05) is 0 Å². The highest BCUT2D eigenvalue weighted by Gasteiger charge is 2.15. The van der Waals surface area contributed by atoms with Gasteiger partial charge in [-0.1, -0.05) is 43.3 Å². The van der Waals surface area contributed by atoms with Gasteiger partial charge in [0, 0.05) is 5.56 Å². The summed E-state index contributed by atoms with van der Waals surface area (Å²) in [6.45, 7) is 6.50. The van der Waals surface area contributed by atoms with Crippen LogP contribution < -0.4 is 5.73 Å². The van der Waals surface area contributed by atoms with Crippen molar-refractivity contribution in [2.45, 2.75) is 40.0 Å². The molecule has 0 atom stereocenters. The summed E-state index contributed by atoms with van der Waals surface area (Å²) in [6.07, 6.45) is 2.79. The van der Waals surface area contributed by atoms with Gasteiger partial charge in [0.05, 0.1) is 5.69 Å². The van der Waals surface area contributed by atoms with Crippen molar-refractivity contribution in [2.24, 2.45) is 5.92 Å². The molecular weight excluding hydrogens is 236 g/mol. The number of hydrogen-bond acceptors (Lipinski definition) is 3. The molecule has 0 fully saturated rings. The topological polar surface area (TPSA) is 52.0 Å². The normalized spacial score (nSPS) is 11.2. The summed E-state index contributed by atoms with van der Waals surface area (Å²) < 4.78 is 5.14. The number of benzene rings is 1. The molecule has 0 bridgehead atoms. The Morgan fingerprint density at radius 1 is 1.21 bits per heavy atom. The standard InChI is InChI=1S/C16H22N2O/c1-11(2)10-14-15(18-19-16(14)17)9-8-13-7-5-4-6-12(13)3/h4-7,11H,8-10,17H2,1-3H3. The van der Waals surface area contributed by atoms with Crippen molar-refractivity contribution >= 4 is 5.88 Å². The first-order valence-corrected chi connectivity index (χ1v) is 6.85. The van der Waals surface area contributed by atoms with Gasteiger partial charge < -0.3 is 10.3 Å². The zero-order valence-corrected chi connectivity index (χ0v) is 11.9. The molecule has 0 amide bonds. The number of nitrogens with zero attached hydrogens (tertiary/aromatic N) is 1. The number of nitrogen functional groups attached to an aromatic ring is 1. The minimum absolute atomic E-state index is 0.480. The number of anilines is 1. The van der Waals surface area contributed by atoms with E-state index in [-0.39, 0.29) is 0 Å². The van der Waals surface area contributed by atoms with Crippen molar-refractivity contribution in [3.8, 4) is 0 Å². The van der Waals surface area contributed by atoms with Gasteiger partial charge in [0.1, 0.15) is 0 Å². The van der Waals surface area contributed by atoms with Crippen LogP contribution in [0.25, 0.3) is 0 Å². The average Bonchev–Trinajstić information content (AvgIpc) is 2.70. The molecule has 1 aromatic carbocycles. The smallest absolute Gasteiger partial charge is 0.225 e. The molecule has 102 valence electrons. The number of nitrogens with two attached hydrogens (primary N) is 1. The first kappa shape index (κ1) is 13.7. The van der Waals surface area contributed by atoms with E-state index in [0.717, 1.165) is 30.5 Å². The summed E-state index contributed by atoms with van der Waals surface area (Å²) in [6, 6.07) is 8.45. The van der Waals surface area contributed by atoms with Crippen LogP contribution in [0.1, 0.15) is 36.2 Å². The lowest BCUT2D eigenvalue weighted by atomic mass is 9.98. The third kappa shape index (κ3) is 3.37. The number of hydrogen-bond donors (Lipinski definition) is 1.